The molecule has 5 rings (SSSR count). The number of piperidine rings is 1. The Morgan fingerprint density at radius 1 is 1.17 bits per heavy atom. The smallest absolute Gasteiger partial charge is 0.376 e. The fourth-order valence-electron chi connectivity index (χ4n) is 4.11. The Bertz CT molecular complexity index is 945. The van der Waals surface area contributed by atoms with Gasteiger partial charge in [0.1, 0.15) is 5.82 Å². The Morgan fingerprint density at radius 2 is 1.90 bits per heavy atom. The van der Waals surface area contributed by atoms with Gasteiger partial charge in [-0.25, -0.2) is 0 Å². The number of alkyl halides is 3. The van der Waals surface area contributed by atoms with Crippen LogP contribution in [0.15, 0.2) is 4.52 Å². The summed E-state index contributed by atoms with van der Waals surface area (Å²) in [4.78, 5) is 18.0. The Balaban J connectivity index is 1.37. The highest BCUT2D eigenvalue weighted by Crippen LogP contribution is 2.50. The maximum absolute atomic E-state index is 13.7. The molecular weight excluding hydrogens is 393 g/mol. The third-order valence-electron chi connectivity index (χ3n) is 5.88. The normalized spacial score (nSPS) is 25.8. The minimum Gasteiger partial charge on any atom is -0.376 e. The van der Waals surface area contributed by atoms with Gasteiger partial charge in [0.05, 0.1) is 17.7 Å². The topological polar surface area (TPSA) is 120 Å². The molecule has 2 aromatic heterocycles. The van der Waals surface area contributed by atoms with Gasteiger partial charge in [0.15, 0.2) is 11.4 Å². The molecule has 3 aliphatic rings. The van der Waals surface area contributed by atoms with E-state index < -0.39 is 24.1 Å². The van der Waals surface area contributed by atoms with Crippen LogP contribution in [-0.2, 0) is 10.4 Å². The molecule has 4 heterocycles. The van der Waals surface area contributed by atoms with Crippen LogP contribution in [0.5, 0.6) is 0 Å². The molecule has 0 bridgehead atoms. The van der Waals surface area contributed by atoms with Gasteiger partial charge in [0, 0.05) is 24.9 Å². The summed E-state index contributed by atoms with van der Waals surface area (Å²) >= 11 is 0. The monoisotopic (exact) mass is 412 g/mol. The van der Waals surface area contributed by atoms with Crippen molar-refractivity contribution in [3.8, 4) is 0 Å². The Kier molecular flexibility index (Phi) is 3.92. The van der Waals surface area contributed by atoms with E-state index in [4.69, 9.17) is 4.52 Å². The number of carbonyl (C=O) groups is 1. The van der Waals surface area contributed by atoms with Gasteiger partial charge in [-0.1, -0.05) is 5.16 Å². The Hall–Kier alpha value is -2.63. The van der Waals surface area contributed by atoms with Crippen molar-refractivity contribution in [2.24, 2.45) is 0 Å². The number of aromatic amines is 1. The van der Waals surface area contributed by atoms with E-state index in [0.29, 0.717) is 43.7 Å². The number of H-pyrrole nitrogens is 1. The minimum atomic E-state index is -5.00. The molecule has 2 aromatic rings. The maximum atomic E-state index is 13.7. The molecule has 0 spiro atoms. The molecule has 12 heteroatoms. The van der Waals surface area contributed by atoms with Crippen LogP contribution in [0.25, 0.3) is 0 Å². The van der Waals surface area contributed by atoms with Crippen LogP contribution in [0.1, 0.15) is 61.0 Å². The van der Waals surface area contributed by atoms with Gasteiger partial charge in [-0.2, -0.15) is 23.3 Å². The lowest BCUT2D eigenvalue weighted by Gasteiger charge is -2.36. The number of nitrogens with zero attached hydrogens (tertiary/aromatic N) is 4. The number of anilines is 2. The average molecular weight is 412 g/mol. The van der Waals surface area contributed by atoms with Crippen LogP contribution in [0.2, 0.25) is 0 Å². The first-order valence-corrected chi connectivity index (χ1v) is 9.52. The number of amides is 1. The van der Waals surface area contributed by atoms with E-state index in [0.717, 1.165) is 12.8 Å². The minimum absolute atomic E-state index is 0.142. The molecule has 0 aromatic carbocycles. The molecule has 1 unspecified atom stereocenters. The van der Waals surface area contributed by atoms with Crippen molar-refractivity contribution in [2.75, 3.05) is 23.3 Å². The van der Waals surface area contributed by atoms with Gasteiger partial charge in [-0.05, 0) is 25.7 Å². The van der Waals surface area contributed by atoms with Gasteiger partial charge >= 0.3 is 12.2 Å². The second-order valence-electron chi connectivity index (χ2n) is 7.91. The van der Waals surface area contributed by atoms with Crippen LogP contribution in [0.4, 0.5) is 25.0 Å². The summed E-state index contributed by atoms with van der Waals surface area (Å²) in [5, 5.41) is 23.2. The average Bonchev–Trinajstić information content (AvgIpc) is 3.23. The van der Waals surface area contributed by atoms with E-state index in [1.54, 1.807) is 0 Å². The predicted octanol–water partition coefficient (Wildman–Crippen LogP) is 2.15. The predicted molar refractivity (Wildman–Crippen MR) is 92.2 cm³/mol. The summed E-state index contributed by atoms with van der Waals surface area (Å²) in [5.74, 6) is -0.332. The number of hydrogen-bond acceptors (Lipinski definition) is 7. The lowest BCUT2D eigenvalue weighted by atomic mass is 9.81. The molecule has 29 heavy (non-hydrogen) atoms. The van der Waals surface area contributed by atoms with Gasteiger partial charge in [-0.3, -0.25) is 9.89 Å². The summed E-state index contributed by atoms with van der Waals surface area (Å²) in [7, 11) is 0. The first-order valence-electron chi connectivity index (χ1n) is 9.52. The molecule has 2 aliphatic heterocycles. The fraction of sp³-hybridized carbons (Fsp3) is 0.647. The van der Waals surface area contributed by atoms with Crippen molar-refractivity contribution in [3.63, 3.8) is 0 Å². The van der Waals surface area contributed by atoms with Crippen molar-refractivity contribution in [2.45, 2.75) is 55.7 Å². The molecule has 9 nitrogen and oxygen atoms in total. The molecular formula is C17H19F3N6O3. The standard InChI is InChI=1S/C17H19F3N6O3/c18-17(19,20)16(28)7-10(27)21-14-11(16)12(23-24-14)8-3-5-26(6-4-8)15-22-13(25-29-15)9-1-2-9/h8-9,28H,1-7H2,(H2,21,23,24,27). The van der Waals surface area contributed by atoms with Crippen molar-refractivity contribution in [3.05, 3.63) is 17.1 Å². The largest absolute Gasteiger partial charge is 0.422 e. The number of fused-ring (bicyclic) bond motifs is 1. The number of nitrogens with one attached hydrogen (secondary N) is 2. The first-order chi connectivity index (χ1) is 13.8. The van der Waals surface area contributed by atoms with Crippen molar-refractivity contribution < 1.29 is 27.6 Å². The Labute approximate surface area is 162 Å². The fourth-order valence-corrected chi connectivity index (χ4v) is 4.11. The summed E-state index contributed by atoms with van der Waals surface area (Å²) in [5.41, 5.74) is -3.49. The van der Waals surface area contributed by atoms with Gasteiger partial charge in [0.2, 0.25) is 5.91 Å². The van der Waals surface area contributed by atoms with Crippen LogP contribution in [0, 0.1) is 0 Å². The van der Waals surface area contributed by atoms with E-state index in [1.165, 1.54) is 0 Å². The third kappa shape index (κ3) is 2.96. The second-order valence-corrected chi connectivity index (χ2v) is 7.91. The molecule has 1 aliphatic carbocycles. The number of aliphatic hydroxyl groups is 1. The number of carbonyl (C=O) groups excluding carboxylic acids is 1. The molecule has 1 saturated carbocycles. The second kappa shape index (κ2) is 6.18. The molecule has 1 atom stereocenters. The lowest BCUT2D eigenvalue weighted by molar-refractivity contribution is -0.267. The van der Waals surface area contributed by atoms with Gasteiger partial charge in [-0.15, -0.1) is 0 Å². The molecule has 3 N–H and O–H groups in total. The SMILES string of the molecule is O=C1CC(O)(C(F)(F)F)c2c(C3CCN(c4nc(C5CC5)no4)CC3)n[nH]c2N1. The van der Waals surface area contributed by atoms with Gasteiger partial charge in [0.25, 0.3) is 0 Å². The van der Waals surface area contributed by atoms with Crippen LogP contribution in [-0.4, -0.2) is 50.6 Å². The molecule has 156 valence electrons. The number of rotatable bonds is 3. The first kappa shape index (κ1) is 18.4. The van der Waals surface area contributed by atoms with E-state index in [-0.39, 0.29) is 23.0 Å². The van der Waals surface area contributed by atoms with Crippen LogP contribution in [0.3, 0.4) is 0 Å². The highest BCUT2D eigenvalue weighted by atomic mass is 19.4. The van der Waals surface area contributed by atoms with E-state index in [2.05, 4.69) is 25.7 Å². The number of halogens is 3. The van der Waals surface area contributed by atoms with Crippen LogP contribution < -0.4 is 10.2 Å². The quantitative estimate of drug-likeness (QED) is 0.706. The number of aromatic nitrogens is 4. The zero-order valence-corrected chi connectivity index (χ0v) is 15.3. The summed E-state index contributed by atoms with van der Waals surface area (Å²) in [6.07, 6.45) is -2.96. The van der Waals surface area contributed by atoms with E-state index in [1.807, 2.05) is 4.90 Å². The molecule has 2 fully saturated rings. The van der Waals surface area contributed by atoms with Crippen molar-refractivity contribution >= 4 is 17.7 Å². The van der Waals surface area contributed by atoms with Crippen LogP contribution >= 0.6 is 0 Å². The van der Waals surface area contributed by atoms with Crippen molar-refractivity contribution in [1.29, 1.82) is 0 Å². The molecule has 1 amide bonds. The van der Waals surface area contributed by atoms with E-state index in [9.17, 15) is 23.1 Å². The highest BCUT2D eigenvalue weighted by molar-refractivity contribution is 5.94. The van der Waals surface area contributed by atoms with E-state index >= 15 is 0 Å². The lowest BCUT2D eigenvalue weighted by Crippen LogP contribution is -2.48. The highest BCUT2D eigenvalue weighted by Gasteiger charge is 2.61. The maximum Gasteiger partial charge on any atom is 0.422 e. The zero-order valence-electron chi connectivity index (χ0n) is 15.3. The van der Waals surface area contributed by atoms with Crippen molar-refractivity contribution in [1.82, 2.24) is 20.3 Å². The Morgan fingerprint density at radius 3 is 2.55 bits per heavy atom. The zero-order chi connectivity index (χ0) is 20.4. The molecule has 0 radical (unpaired) electrons. The third-order valence-corrected chi connectivity index (χ3v) is 5.88. The number of hydrogen-bond donors (Lipinski definition) is 3. The summed E-state index contributed by atoms with van der Waals surface area (Å²) < 4.78 is 46.3. The summed E-state index contributed by atoms with van der Waals surface area (Å²) in [6.45, 7) is 1.02. The molecule has 1 saturated heterocycles. The van der Waals surface area contributed by atoms with Gasteiger partial charge < -0.3 is 19.8 Å². The summed E-state index contributed by atoms with van der Waals surface area (Å²) in [6, 6.07) is 0.425.